The van der Waals surface area contributed by atoms with Crippen molar-refractivity contribution in [2.24, 2.45) is 11.8 Å². The molecule has 1 saturated heterocycles. The molecule has 1 heterocycles. The summed E-state index contributed by atoms with van der Waals surface area (Å²) in [4.78, 5) is 13.1. The fraction of sp³-hybridized carbons (Fsp3) is 0.650. The van der Waals surface area contributed by atoms with Crippen molar-refractivity contribution in [1.82, 2.24) is 5.32 Å². The van der Waals surface area contributed by atoms with E-state index in [0.29, 0.717) is 5.92 Å². The Morgan fingerprint density at radius 2 is 1.83 bits per heavy atom. The van der Waals surface area contributed by atoms with Crippen LogP contribution in [0.15, 0.2) is 30.3 Å². The van der Waals surface area contributed by atoms with Crippen LogP contribution in [0.2, 0.25) is 0 Å². The lowest BCUT2D eigenvalue weighted by atomic mass is 9.68. The molecule has 2 unspecified atom stereocenters. The molecule has 3 fully saturated rings. The van der Waals surface area contributed by atoms with Gasteiger partial charge >= 0.3 is 5.97 Å². The second-order valence-electron chi connectivity index (χ2n) is 7.59. The number of rotatable bonds is 3. The minimum Gasteiger partial charge on any atom is -0.461 e. The van der Waals surface area contributed by atoms with Gasteiger partial charge in [-0.3, -0.25) is 4.79 Å². The maximum atomic E-state index is 13.1. The summed E-state index contributed by atoms with van der Waals surface area (Å²) in [5.41, 5.74) is 0.774. The van der Waals surface area contributed by atoms with Gasteiger partial charge in [-0.2, -0.15) is 0 Å². The molecule has 1 aromatic rings. The first-order valence-corrected chi connectivity index (χ1v) is 9.27. The summed E-state index contributed by atoms with van der Waals surface area (Å²) in [6.07, 6.45) is 7.77. The number of carbonyl (C=O) groups is 1. The monoisotopic (exact) mass is 313 g/mol. The van der Waals surface area contributed by atoms with Crippen molar-refractivity contribution in [3.8, 4) is 0 Å². The van der Waals surface area contributed by atoms with E-state index in [1.807, 2.05) is 18.2 Å². The Bertz CT molecular complexity index is 550. The largest absolute Gasteiger partial charge is 0.461 e. The van der Waals surface area contributed by atoms with Gasteiger partial charge < -0.3 is 10.1 Å². The predicted molar refractivity (Wildman–Crippen MR) is 90.2 cm³/mol. The second-order valence-corrected chi connectivity index (χ2v) is 7.59. The van der Waals surface area contributed by atoms with Gasteiger partial charge in [-0.1, -0.05) is 43.2 Å². The number of fused-ring (bicyclic) bond motifs is 1. The number of hydrogen-bond acceptors (Lipinski definition) is 3. The first-order chi connectivity index (χ1) is 11.3. The summed E-state index contributed by atoms with van der Waals surface area (Å²) in [5.74, 6) is 1.39. The highest BCUT2D eigenvalue weighted by atomic mass is 16.5. The minimum absolute atomic E-state index is 0.0434. The molecular weight excluding hydrogens is 286 g/mol. The Balaban J connectivity index is 1.49. The maximum absolute atomic E-state index is 13.1. The van der Waals surface area contributed by atoms with Crippen LogP contribution in [0.25, 0.3) is 0 Å². The highest BCUT2D eigenvalue weighted by molar-refractivity contribution is 5.84. The molecule has 2 saturated carbocycles. The average molecular weight is 313 g/mol. The van der Waals surface area contributed by atoms with Crippen LogP contribution in [0.5, 0.6) is 0 Å². The van der Waals surface area contributed by atoms with Crippen LogP contribution < -0.4 is 5.32 Å². The normalized spacial score (nSPS) is 32.4. The van der Waals surface area contributed by atoms with Crippen LogP contribution in [0.1, 0.15) is 50.5 Å². The highest BCUT2D eigenvalue weighted by Gasteiger charge is 2.49. The molecule has 0 aromatic heterocycles. The van der Waals surface area contributed by atoms with E-state index in [0.717, 1.165) is 63.1 Å². The van der Waals surface area contributed by atoms with E-state index >= 15 is 0 Å². The van der Waals surface area contributed by atoms with Gasteiger partial charge in [0.25, 0.3) is 0 Å². The Morgan fingerprint density at radius 1 is 1.09 bits per heavy atom. The van der Waals surface area contributed by atoms with E-state index < -0.39 is 0 Å². The van der Waals surface area contributed by atoms with Crippen molar-refractivity contribution >= 4 is 5.97 Å². The van der Waals surface area contributed by atoms with Crippen LogP contribution in [0, 0.1) is 11.8 Å². The summed E-state index contributed by atoms with van der Waals surface area (Å²) < 4.78 is 6.09. The van der Waals surface area contributed by atoms with Crippen LogP contribution in [0.3, 0.4) is 0 Å². The number of benzene rings is 1. The van der Waals surface area contributed by atoms with E-state index in [2.05, 4.69) is 17.4 Å². The van der Waals surface area contributed by atoms with Gasteiger partial charge in [0.15, 0.2) is 0 Å². The van der Waals surface area contributed by atoms with Gasteiger partial charge in [0.05, 0.1) is 5.41 Å². The molecule has 124 valence electrons. The van der Waals surface area contributed by atoms with E-state index in [-0.39, 0.29) is 17.5 Å². The van der Waals surface area contributed by atoms with Gasteiger partial charge in [0, 0.05) is 5.92 Å². The summed E-state index contributed by atoms with van der Waals surface area (Å²) in [6.45, 7) is 2.19. The third kappa shape index (κ3) is 2.69. The molecule has 3 heteroatoms. The highest BCUT2D eigenvalue weighted by Crippen LogP contribution is 2.46. The van der Waals surface area contributed by atoms with E-state index in [4.69, 9.17) is 4.74 Å². The zero-order valence-corrected chi connectivity index (χ0v) is 13.8. The molecule has 0 spiro atoms. The van der Waals surface area contributed by atoms with Crippen molar-refractivity contribution in [2.75, 3.05) is 13.1 Å². The van der Waals surface area contributed by atoms with Crippen molar-refractivity contribution in [2.45, 2.75) is 56.5 Å². The van der Waals surface area contributed by atoms with Gasteiger partial charge in [-0.05, 0) is 56.7 Å². The molecule has 3 nitrogen and oxygen atoms in total. The molecule has 23 heavy (non-hydrogen) atoms. The van der Waals surface area contributed by atoms with Crippen molar-refractivity contribution in [3.63, 3.8) is 0 Å². The van der Waals surface area contributed by atoms with Crippen molar-refractivity contribution in [1.29, 1.82) is 0 Å². The number of ether oxygens (including phenoxy) is 1. The Labute approximate surface area is 138 Å². The summed E-state index contributed by atoms with van der Waals surface area (Å²) >= 11 is 0. The first-order valence-electron chi connectivity index (χ1n) is 9.27. The van der Waals surface area contributed by atoms with Gasteiger partial charge in [0.2, 0.25) is 0 Å². The zero-order chi connectivity index (χ0) is 15.7. The average Bonchev–Trinajstić information content (AvgIpc) is 3.00. The standard InChI is InChI=1S/C20H27NO2/c22-19(23-18-14-15-8-12-21-13-9-17(15)18)20(10-4-5-11-20)16-6-2-1-3-7-16/h1-3,6-7,15,17-18,21H,4-5,8-14H2/t15?,17?,18-/m0/s1. The predicted octanol–water partition coefficient (Wildman–Crippen LogP) is 3.43. The zero-order valence-electron chi connectivity index (χ0n) is 13.8. The third-order valence-corrected chi connectivity index (χ3v) is 6.40. The lowest BCUT2D eigenvalue weighted by molar-refractivity contribution is -0.170. The first kappa shape index (κ1) is 15.2. The van der Waals surface area contributed by atoms with Crippen LogP contribution >= 0.6 is 0 Å². The van der Waals surface area contributed by atoms with Crippen LogP contribution in [-0.2, 0) is 14.9 Å². The Hall–Kier alpha value is -1.35. The smallest absolute Gasteiger partial charge is 0.316 e. The topological polar surface area (TPSA) is 38.3 Å². The van der Waals surface area contributed by atoms with Crippen LogP contribution in [-0.4, -0.2) is 25.2 Å². The van der Waals surface area contributed by atoms with Crippen LogP contribution in [0.4, 0.5) is 0 Å². The number of hydrogen-bond donors (Lipinski definition) is 1. The van der Waals surface area contributed by atoms with Crippen molar-refractivity contribution < 1.29 is 9.53 Å². The SMILES string of the molecule is O=C(O[C@H]1CC2CCNCCC21)C1(c2ccccc2)CCCC1. The summed E-state index contributed by atoms with van der Waals surface area (Å²) in [5, 5.41) is 3.47. The number of nitrogens with one attached hydrogen (secondary N) is 1. The molecule has 3 atom stereocenters. The second kappa shape index (κ2) is 6.27. The van der Waals surface area contributed by atoms with E-state index in [9.17, 15) is 4.79 Å². The summed E-state index contributed by atoms with van der Waals surface area (Å²) in [6, 6.07) is 10.3. The molecule has 1 aromatic carbocycles. The van der Waals surface area contributed by atoms with E-state index in [1.54, 1.807) is 0 Å². The molecule has 0 radical (unpaired) electrons. The third-order valence-electron chi connectivity index (χ3n) is 6.40. The minimum atomic E-state index is -0.380. The van der Waals surface area contributed by atoms with Gasteiger partial charge in [-0.25, -0.2) is 0 Å². The van der Waals surface area contributed by atoms with E-state index in [1.165, 1.54) is 6.42 Å². The lowest BCUT2D eigenvalue weighted by Gasteiger charge is -2.44. The lowest BCUT2D eigenvalue weighted by Crippen LogP contribution is -2.47. The number of carbonyl (C=O) groups excluding carboxylic acids is 1. The van der Waals surface area contributed by atoms with Gasteiger partial charge in [-0.15, -0.1) is 0 Å². The molecule has 0 amide bonds. The molecule has 1 aliphatic heterocycles. The molecule has 4 rings (SSSR count). The van der Waals surface area contributed by atoms with Crippen molar-refractivity contribution in [3.05, 3.63) is 35.9 Å². The fourth-order valence-corrected chi connectivity index (χ4v) is 4.92. The summed E-state index contributed by atoms with van der Waals surface area (Å²) in [7, 11) is 0. The fourth-order valence-electron chi connectivity index (χ4n) is 4.92. The van der Waals surface area contributed by atoms with Gasteiger partial charge in [0.1, 0.15) is 6.10 Å². The maximum Gasteiger partial charge on any atom is 0.316 e. The Kier molecular flexibility index (Phi) is 4.14. The molecule has 2 aliphatic carbocycles. The quantitative estimate of drug-likeness (QED) is 0.869. The Morgan fingerprint density at radius 3 is 2.61 bits per heavy atom. The molecular formula is C20H27NO2. The molecule has 3 aliphatic rings. The molecule has 1 N–H and O–H groups in total. The molecule has 0 bridgehead atoms. The number of esters is 1.